The van der Waals surface area contributed by atoms with Crippen molar-refractivity contribution in [3.05, 3.63) is 29.8 Å². The van der Waals surface area contributed by atoms with Gasteiger partial charge in [0, 0.05) is 11.5 Å². The third-order valence-corrected chi connectivity index (χ3v) is 3.03. The van der Waals surface area contributed by atoms with Crippen LogP contribution in [0.3, 0.4) is 0 Å². The van der Waals surface area contributed by atoms with Crippen LogP contribution in [-0.2, 0) is 0 Å². The van der Waals surface area contributed by atoms with Crippen molar-refractivity contribution in [2.45, 2.75) is 11.9 Å². The summed E-state index contributed by atoms with van der Waals surface area (Å²) in [5, 5.41) is 3.39. The molecule has 0 radical (unpaired) electrons. The number of ether oxygens (including phenoxy) is 1. The zero-order valence-corrected chi connectivity index (χ0v) is 9.89. The number of rotatable bonds is 2. The van der Waals surface area contributed by atoms with Crippen LogP contribution >= 0.6 is 11.8 Å². The molecule has 78 valence electrons. The maximum Gasteiger partial charge on any atom is 0.214 e. The van der Waals surface area contributed by atoms with Crippen molar-refractivity contribution in [3.8, 4) is 5.88 Å². The lowest BCUT2D eigenvalue weighted by molar-refractivity contribution is 0.395. The topological polar surface area (TPSA) is 22.1 Å². The molecule has 0 atom stereocenters. The Hall–Kier alpha value is -1.22. The van der Waals surface area contributed by atoms with Gasteiger partial charge in [-0.3, -0.25) is 0 Å². The van der Waals surface area contributed by atoms with E-state index in [2.05, 4.69) is 30.1 Å². The first-order valence-electron chi connectivity index (χ1n) is 4.74. The Morgan fingerprint density at radius 3 is 2.73 bits per heavy atom. The van der Waals surface area contributed by atoms with E-state index in [-0.39, 0.29) is 0 Å². The SMILES string of the molecule is COc1cc2cc(C)ccc2c(SC)n1. The Kier molecular flexibility index (Phi) is 2.82. The van der Waals surface area contributed by atoms with Crippen LogP contribution in [-0.4, -0.2) is 18.3 Å². The molecule has 0 unspecified atom stereocenters. The van der Waals surface area contributed by atoms with Crippen molar-refractivity contribution >= 4 is 22.5 Å². The van der Waals surface area contributed by atoms with Crippen LogP contribution in [0.4, 0.5) is 0 Å². The normalized spacial score (nSPS) is 10.6. The summed E-state index contributed by atoms with van der Waals surface area (Å²) in [6.45, 7) is 2.09. The van der Waals surface area contributed by atoms with Crippen molar-refractivity contribution in [2.24, 2.45) is 0 Å². The largest absolute Gasteiger partial charge is 0.481 e. The molecule has 2 aromatic rings. The van der Waals surface area contributed by atoms with Gasteiger partial charge in [-0.05, 0) is 18.6 Å². The smallest absolute Gasteiger partial charge is 0.214 e. The van der Waals surface area contributed by atoms with E-state index in [0.29, 0.717) is 5.88 Å². The predicted molar refractivity (Wildman–Crippen MR) is 64.8 cm³/mol. The fraction of sp³-hybridized carbons (Fsp3) is 0.250. The van der Waals surface area contributed by atoms with E-state index in [1.807, 2.05) is 12.3 Å². The zero-order chi connectivity index (χ0) is 10.8. The molecule has 0 amide bonds. The molecular weight excluding hydrogens is 206 g/mol. The number of aryl methyl sites for hydroxylation is 1. The van der Waals surface area contributed by atoms with E-state index in [1.54, 1.807) is 18.9 Å². The monoisotopic (exact) mass is 219 g/mol. The summed E-state index contributed by atoms with van der Waals surface area (Å²) in [4.78, 5) is 4.41. The highest BCUT2D eigenvalue weighted by atomic mass is 32.2. The lowest BCUT2D eigenvalue weighted by Gasteiger charge is -2.07. The van der Waals surface area contributed by atoms with E-state index >= 15 is 0 Å². The number of hydrogen-bond donors (Lipinski definition) is 0. The predicted octanol–water partition coefficient (Wildman–Crippen LogP) is 3.27. The lowest BCUT2D eigenvalue weighted by atomic mass is 10.1. The van der Waals surface area contributed by atoms with Crippen molar-refractivity contribution < 1.29 is 4.74 Å². The highest BCUT2D eigenvalue weighted by Crippen LogP contribution is 2.28. The summed E-state index contributed by atoms with van der Waals surface area (Å²) in [5.74, 6) is 0.678. The molecule has 0 bridgehead atoms. The van der Waals surface area contributed by atoms with Gasteiger partial charge in [-0.1, -0.05) is 23.8 Å². The minimum Gasteiger partial charge on any atom is -0.481 e. The molecule has 15 heavy (non-hydrogen) atoms. The molecule has 1 heterocycles. The average molecular weight is 219 g/mol. The Bertz CT molecular complexity index is 496. The third-order valence-electron chi connectivity index (χ3n) is 2.33. The quantitative estimate of drug-likeness (QED) is 0.724. The minimum absolute atomic E-state index is 0.678. The van der Waals surface area contributed by atoms with Gasteiger partial charge in [0.1, 0.15) is 5.03 Å². The van der Waals surface area contributed by atoms with E-state index in [1.165, 1.54) is 16.3 Å². The molecule has 2 rings (SSSR count). The van der Waals surface area contributed by atoms with Gasteiger partial charge in [-0.25, -0.2) is 4.98 Å². The maximum absolute atomic E-state index is 5.18. The molecule has 0 fully saturated rings. The number of benzene rings is 1. The third kappa shape index (κ3) is 1.92. The van der Waals surface area contributed by atoms with E-state index < -0.39 is 0 Å². The second-order valence-electron chi connectivity index (χ2n) is 3.40. The second kappa shape index (κ2) is 4.11. The lowest BCUT2D eigenvalue weighted by Crippen LogP contribution is -1.90. The van der Waals surface area contributed by atoms with Gasteiger partial charge < -0.3 is 4.74 Å². The molecular formula is C12H13NOS. The first-order chi connectivity index (χ1) is 7.24. The summed E-state index contributed by atoms with van der Waals surface area (Å²) in [5.41, 5.74) is 1.25. The molecule has 3 heteroatoms. The number of nitrogens with zero attached hydrogens (tertiary/aromatic N) is 1. The summed E-state index contributed by atoms with van der Waals surface area (Å²) in [6, 6.07) is 8.35. The van der Waals surface area contributed by atoms with Gasteiger partial charge in [-0.15, -0.1) is 11.8 Å². The Morgan fingerprint density at radius 1 is 1.27 bits per heavy atom. The zero-order valence-electron chi connectivity index (χ0n) is 9.07. The standard InChI is InChI=1S/C12H13NOS/c1-8-4-5-10-9(6-8)7-11(14-2)13-12(10)15-3/h4-7H,1-3H3. The summed E-state index contributed by atoms with van der Waals surface area (Å²) in [7, 11) is 1.65. The number of thioether (sulfide) groups is 1. The van der Waals surface area contributed by atoms with Crippen molar-refractivity contribution in [1.29, 1.82) is 0 Å². The Labute approximate surface area is 93.7 Å². The van der Waals surface area contributed by atoms with Gasteiger partial charge in [0.25, 0.3) is 0 Å². The van der Waals surface area contributed by atoms with Crippen LogP contribution in [0.1, 0.15) is 5.56 Å². The molecule has 0 spiro atoms. The fourth-order valence-corrected chi connectivity index (χ4v) is 2.17. The molecule has 0 N–H and O–H groups in total. The van der Waals surface area contributed by atoms with E-state index in [9.17, 15) is 0 Å². The molecule has 1 aromatic heterocycles. The molecule has 0 aliphatic heterocycles. The number of aromatic nitrogens is 1. The molecule has 1 aromatic carbocycles. The second-order valence-corrected chi connectivity index (χ2v) is 4.19. The minimum atomic E-state index is 0.678. The Balaban J connectivity index is 2.74. The number of methoxy groups -OCH3 is 1. The van der Waals surface area contributed by atoms with E-state index in [4.69, 9.17) is 4.74 Å². The average Bonchev–Trinajstić information content (AvgIpc) is 2.26. The van der Waals surface area contributed by atoms with Gasteiger partial charge in [0.2, 0.25) is 5.88 Å². The first kappa shape index (κ1) is 10.3. The van der Waals surface area contributed by atoms with Crippen molar-refractivity contribution in [3.63, 3.8) is 0 Å². The van der Waals surface area contributed by atoms with Crippen LogP contribution in [0.2, 0.25) is 0 Å². The van der Waals surface area contributed by atoms with Gasteiger partial charge in [0.05, 0.1) is 7.11 Å². The summed E-state index contributed by atoms with van der Waals surface area (Å²) < 4.78 is 5.18. The van der Waals surface area contributed by atoms with Crippen LogP contribution in [0, 0.1) is 6.92 Å². The highest BCUT2D eigenvalue weighted by molar-refractivity contribution is 7.98. The van der Waals surface area contributed by atoms with Crippen LogP contribution in [0.5, 0.6) is 5.88 Å². The number of pyridine rings is 1. The van der Waals surface area contributed by atoms with Crippen LogP contribution in [0.25, 0.3) is 10.8 Å². The van der Waals surface area contributed by atoms with Crippen molar-refractivity contribution in [1.82, 2.24) is 4.98 Å². The van der Waals surface area contributed by atoms with Crippen molar-refractivity contribution in [2.75, 3.05) is 13.4 Å². The fourth-order valence-electron chi connectivity index (χ4n) is 1.58. The Morgan fingerprint density at radius 2 is 2.07 bits per heavy atom. The molecule has 0 aliphatic rings. The summed E-state index contributed by atoms with van der Waals surface area (Å²) in [6.07, 6.45) is 2.03. The van der Waals surface area contributed by atoms with Gasteiger partial charge >= 0.3 is 0 Å². The van der Waals surface area contributed by atoms with Crippen LogP contribution < -0.4 is 4.74 Å². The van der Waals surface area contributed by atoms with Gasteiger partial charge in [-0.2, -0.15) is 0 Å². The number of hydrogen-bond acceptors (Lipinski definition) is 3. The van der Waals surface area contributed by atoms with E-state index in [0.717, 1.165) is 5.03 Å². The van der Waals surface area contributed by atoms with Gasteiger partial charge in [0.15, 0.2) is 0 Å². The molecule has 0 aliphatic carbocycles. The highest BCUT2D eigenvalue weighted by Gasteiger charge is 2.05. The maximum atomic E-state index is 5.18. The van der Waals surface area contributed by atoms with Crippen LogP contribution in [0.15, 0.2) is 29.3 Å². The molecule has 2 nitrogen and oxygen atoms in total. The molecule has 0 saturated carbocycles. The summed E-state index contributed by atoms with van der Waals surface area (Å²) >= 11 is 1.64. The first-order valence-corrected chi connectivity index (χ1v) is 5.96. The molecule has 0 saturated heterocycles. The number of fused-ring (bicyclic) bond motifs is 1.